The molecule has 218 valence electrons. The van der Waals surface area contributed by atoms with E-state index in [-0.39, 0.29) is 43.6 Å². The molecule has 0 aliphatic rings. The van der Waals surface area contributed by atoms with Crippen molar-refractivity contribution in [2.45, 2.75) is 84.0 Å². The average molecular weight is 548 g/mol. The largest absolute Gasteiger partial charge is 0.480 e. The molecule has 5 atom stereocenters. The van der Waals surface area contributed by atoms with Crippen LogP contribution >= 0.6 is 0 Å². The zero-order valence-corrected chi connectivity index (χ0v) is 23.4. The van der Waals surface area contributed by atoms with Crippen LogP contribution in [0.15, 0.2) is 35.3 Å². The van der Waals surface area contributed by atoms with Crippen molar-refractivity contribution in [1.29, 1.82) is 0 Å². The number of carboxylic acids is 1. The van der Waals surface area contributed by atoms with Crippen molar-refractivity contribution in [1.82, 2.24) is 16.0 Å². The van der Waals surface area contributed by atoms with Gasteiger partial charge in [-0.05, 0) is 36.7 Å². The van der Waals surface area contributed by atoms with Gasteiger partial charge in [-0.2, -0.15) is 0 Å². The number of carboxylic acid groups (broad SMARTS) is 1. The minimum atomic E-state index is -1.19. The van der Waals surface area contributed by atoms with E-state index < -0.39 is 47.9 Å². The molecule has 0 saturated heterocycles. The SMILES string of the molecule is CCC(C)C(N)C(=O)NC(CCCN=C(N)N)C(=O)NC(CC(C)C)C(=O)NC(Cc1ccccc1)C(=O)O. The molecule has 39 heavy (non-hydrogen) atoms. The van der Waals surface area contributed by atoms with E-state index in [1.807, 2.05) is 33.8 Å². The molecule has 1 rings (SSSR count). The van der Waals surface area contributed by atoms with Crippen molar-refractivity contribution in [2.24, 2.45) is 34.0 Å². The Kier molecular flexibility index (Phi) is 14.6. The van der Waals surface area contributed by atoms with Gasteiger partial charge in [0.15, 0.2) is 5.96 Å². The Morgan fingerprint density at radius 1 is 0.897 bits per heavy atom. The molecule has 0 bridgehead atoms. The van der Waals surface area contributed by atoms with Crippen LogP contribution in [-0.4, -0.2) is 65.5 Å². The third-order valence-corrected chi connectivity index (χ3v) is 6.38. The van der Waals surface area contributed by atoms with E-state index in [1.165, 1.54) is 0 Å². The maximum atomic E-state index is 13.3. The quantitative estimate of drug-likeness (QED) is 0.0812. The zero-order valence-electron chi connectivity index (χ0n) is 23.4. The minimum absolute atomic E-state index is 0.00665. The van der Waals surface area contributed by atoms with Crippen molar-refractivity contribution in [3.63, 3.8) is 0 Å². The standard InChI is InChI=1S/C27H45N7O5/c1-5-17(4)22(28)25(37)32-19(12-9-13-31-27(29)30)23(35)33-20(14-16(2)3)24(36)34-21(26(38)39)15-18-10-7-6-8-11-18/h6-8,10-11,16-17,19-22H,5,9,12-15,28H2,1-4H3,(H,32,37)(H,33,35)(H,34,36)(H,38,39)(H4,29,30,31). The summed E-state index contributed by atoms with van der Waals surface area (Å²) >= 11 is 0. The molecular weight excluding hydrogens is 502 g/mol. The highest BCUT2D eigenvalue weighted by atomic mass is 16.4. The number of guanidine groups is 1. The molecule has 0 aliphatic heterocycles. The van der Waals surface area contributed by atoms with Crippen LogP contribution in [0.1, 0.15) is 58.9 Å². The fourth-order valence-electron chi connectivity index (χ4n) is 3.85. The number of carbonyl (C=O) groups excluding carboxylic acids is 3. The summed E-state index contributed by atoms with van der Waals surface area (Å²) in [5.41, 5.74) is 17.5. The summed E-state index contributed by atoms with van der Waals surface area (Å²) < 4.78 is 0. The van der Waals surface area contributed by atoms with Crippen molar-refractivity contribution in [3.05, 3.63) is 35.9 Å². The molecule has 1 aromatic rings. The predicted molar refractivity (Wildman–Crippen MR) is 150 cm³/mol. The van der Waals surface area contributed by atoms with E-state index in [2.05, 4.69) is 20.9 Å². The van der Waals surface area contributed by atoms with Crippen LogP contribution in [0.2, 0.25) is 0 Å². The molecule has 0 saturated carbocycles. The molecule has 0 aliphatic carbocycles. The lowest BCUT2D eigenvalue weighted by Gasteiger charge is -2.27. The van der Waals surface area contributed by atoms with Gasteiger partial charge in [-0.1, -0.05) is 64.4 Å². The molecule has 0 spiro atoms. The van der Waals surface area contributed by atoms with E-state index in [0.717, 1.165) is 5.56 Å². The number of amides is 3. The van der Waals surface area contributed by atoms with E-state index in [0.29, 0.717) is 12.8 Å². The van der Waals surface area contributed by atoms with E-state index in [9.17, 15) is 24.3 Å². The maximum absolute atomic E-state index is 13.3. The first-order valence-electron chi connectivity index (χ1n) is 13.3. The van der Waals surface area contributed by atoms with Crippen molar-refractivity contribution in [3.8, 4) is 0 Å². The lowest BCUT2D eigenvalue weighted by atomic mass is 9.98. The topological polar surface area (TPSA) is 215 Å². The first-order chi connectivity index (χ1) is 18.3. The Hall–Kier alpha value is -3.67. The van der Waals surface area contributed by atoms with Crippen LogP contribution in [0, 0.1) is 11.8 Å². The number of carbonyl (C=O) groups is 4. The second-order valence-electron chi connectivity index (χ2n) is 10.2. The smallest absolute Gasteiger partial charge is 0.326 e. The van der Waals surface area contributed by atoms with Crippen LogP contribution in [0.5, 0.6) is 0 Å². The normalized spacial score (nSPS) is 14.8. The second-order valence-corrected chi connectivity index (χ2v) is 10.2. The van der Waals surface area contributed by atoms with E-state index >= 15 is 0 Å². The molecule has 3 amide bonds. The Morgan fingerprint density at radius 3 is 2.00 bits per heavy atom. The monoisotopic (exact) mass is 547 g/mol. The number of rotatable bonds is 17. The molecule has 5 unspecified atom stereocenters. The Bertz CT molecular complexity index is 967. The molecule has 10 N–H and O–H groups in total. The number of benzene rings is 1. The number of aliphatic imine (C=N–C) groups is 1. The highest BCUT2D eigenvalue weighted by molar-refractivity contribution is 5.94. The highest BCUT2D eigenvalue weighted by Crippen LogP contribution is 2.10. The fraction of sp³-hybridized carbons (Fsp3) is 0.593. The van der Waals surface area contributed by atoms with Crippen LogP contribution in [0.3, 0.4) is 0 Å². The summed E-state index contributed by atoms with van der Waals surface area (Å²) in [5, 5.41) is 17.7. The Morgan fingerprint density at radius 2 is 1.46 bits per heavy atom. The highest BCUT2D eigenvalue weighted by Gasteiger charge is 2.31. The lowest BCUT2D eigenvalue weighted by Crippen LogP contribution is -2.58. The molecule has 0 aromatic heterocycles. The number of hydrogen-bond acceptors (Lipinski definition) is 6. The van der Waals surface area contributed by atoms with Gasteiger partial charge in [-0.3, -0.25) is 19.4 Å². The third-order valence-electron chi connectivity index (χ3n) is 6.38. The Labute approximate surface area is 230 Å². The summed E-state index contributed by atoms with van der Waals surface area (Å²) in [6.45, 7) is 7.76. The number of hydrogen-bond donors (Lipinski definition) is 7. The van der Waals surface area contributed by atoms with Gasteiger partial charge in [0.2, 0.25) is 17.7 Å². The fourth-order valence-corrected chi connectivity index (χ4v) is 3.85. The molecule has 0 radical (unpaired) electrons. The predicted octanol–water partition coefficient (Wildman–Crippen LogP) is 0.241. The van der Waals surface area contributed by atoms with Gasteiger partial charge in [0.25, 0.3) is 0 Å². The number of aliphatic carboxylic acids is 1. The van der Waals surface area contributed by atoms with Gasteiger partial charge in [0.1, 0.15) is 18.1 Å². The van der Waals surface area contributed by atoms with Crippen molar-refractivity contribution < 1.29 is 24.3 Å². The van der Waals surface area contributed by atoms with Gasteiger partial charge < -0.3 is 38.3 Å². The summed E-state index contributed by atoms with van der Waals surface area (Å²) in [6, 6.07) is 4.92. The molecule has 1 aromatic carbocycles. The van der Waals surface area contributed by atoms with Crippen LogP contribution in [0.4, 0.5) is 0 Å². The van der Waals surface area contributed by atoms with Gasteiger partial charge in [0.05, 0.1) is 6.04 Å². The summed E-state index contributed by atoms with van der Waals surface area (Å²) in [4.78, 5) is 55.1. The number of nitrogens with one attached hydrogen (secondary N) is 3. The van der Waals surface area contributed by atoms with Crippen LogP contribution in [0.25, 0.3) is 0 Å². The zero-order chi connectivity index (χ0) is 29.5. The Balaban J connectivity index is 3.06. The van der Waals surface area contributed by atoms with Crippen molar-refractivity contribution in [2.75, 3.05) is 6.54 Å². The van der Waals surface area contributed by atoms with Gasteiger partial charge in [-0.15, -0.1) is 0 Å². The van der Waals surface area contributed by atoms with E-state index in [4.69, 9.17) is 17.2 Å². The van der Waals surface area contributed by atoms with Crippen LogP contribution in [-0.2, 0) is 25.6 Å². The molecule has 0 heterocycles. The first-order valence-corrected chi connectivity index (χ1v) is 13.3. The average Bonchev–Trinajstić information content (AvgIpc) is 2.88. The van der Waals surface area contributed by atoms with Crippen molar-refractivity contribution >= 4 is 29.7 Å². The first kappa shape index (κ1) is 33.4. The third kappa shape index (κ3) is 12.6. The minimum Gasteiger partial charge on any atom is -0.480 e. The number of nitrogens with zero attached hydrogens (tertiary/aromatic N) is 1. The molecule has 0 fully saturated rings. The summed E-state index contributed by atoms with van der Waals surface area (Å²) in [7, 11) is 0. The number of nitrogens with two attached hydrogens (primary N) is 3. The molecular formula is C27H45N7O5. The second kappa shape index (κ2) is 17.0. The molecule has 12 nitrogen and oxygen atoms in total. The van der Waals surface area contributed by atoms with Gasteiger partial charge in [0, 0.05) is 13.0 Å². The van der Waals surface area contributed by atoms with Gasteiger partial charge in [-0.25, -0.2) is 4.79 Å². The summed E-state index contributed by atoms with van der Waals surface area (Å²) in [5.74, 6) is -3.06. The maximum Gasteiger partial charge on any atom is 0.326 e. The van der Waals surface area contributed by atoms with Crippen LogP contribution < -0.4 is 33.2 Å². The lowest BCUT2D eigenvalue weighted by molar-refractivity contribution is -0.142. The molecule has 12 heteroatoms. The summed E-state index contributed by atoms with van der Waals surface area (Å²) in [6.07, 6.45) is 1.61. The van der Waals surface area contributed by atoms with Gasteiger partial charge >= 0.3 is 5.97 Å². The van der Waals surface area contributed by atoms with E-state index in [1.54, 1.807) is 24.3 Å².